The predicted molar refractivity (Wildman–Crippen MR) is 237 cm³/mol. The maximum atomic E-state index is 14.5. The van der Waals surface area contributed by atoms with Crippen molar-refractivity contribution in [1.29, 1.82) is 0 Å². The number of aliphatic hydroxyl groups excluding tert-OH is 5. The lowest BCUT2D eigenvalue weighted by Crippen LogP contribution is -2.59. The van der Waals surface area contributed by atoms with Crippen molar-refractivity contribution in [2.45, 2.75) is 191 Å². The number of carbonyl (C=O) groups excluding carboxylic acids is 4. The van der Waals surface area contributed by atoms with Gasteiger partial charge in [-0.3, -0.25) is 14.4 Å². The van der Waals surface area contributed by atoms with Crippen molar-refractivity contribution < 1.29 is 73.1 Å². The number of hydrogen-bond acceptors (Lipinski definition) is 15. The number of hydrogen-bond donors (Lipinski definition) is 6. The number of nitrogens with one attached hydrogen (secondary N) is 1. The largest absolute Gasteiger partial charge is 0.460 e. The number of fused-ring (bicyclic) bond motifs is 1. The van der Waals surface area contributed by atoms with Gasteiger partial charge in [0.1, 0.15) is 54.4 Å². The van der Waals surface area contributed by atoms with Gasteiger partial charge in [-0.2, -0.15) is 0 Å². The van der Waals surface area contributed by atoms with Crippen LogP contribution in [-0.4, -0.2) is 153 Å². The Balaban J connectivity index is 1.31. The maximum Gasteiger partial charge on any atom is 0.338 e. The van der Waals surface area contributed by atoms with Crippen LogP contribution in [0.1, 0.15) is 134 Å². The highest BCUT2D eigenvalue weighted by molar-refractivity contribution is 5.98. The first-order valence-corrected chi connectivity index (χ1v) is 23.4. The number of amides is 2. The number of nitrogens with zero attached hydrogens (tertiary/aromatic N) is 1. The molecule has 1 aromatic rings. The van der Waals surface area contributed by atoms with Crippen molar-refractivity contribution >= 4 is 29.8 Å². The number of benzene rings is 1. The first kappa shape index (κ1) is 52.2. The Morgan fingerprint density at radius 3 is 2.37 bits per heavy atom. The summed E-state index contributed by atoms with van der Waals surface area (Å²) in [6.45, 7) is 8.80. The van der Waals surface area contributed by atoms with Gasteiger partial charge in [-0.1, -0.05) is 63.8 Å². The van der Waals surface area contributed by atoms with E-state index in [0.29, 0.717) is 43.4 Å². The van der Waals surface area contributed by atoms with Crippen molar-refractivity contribution in [3.63, 3.8) is 0 Å². The molecule has 0 saturated carbocycles. The Bertz CT molecular complexity index is 1780. The first-order valence-electron chi connectivity index (χ1n) is 23.4. The molecule has 17 nitrogen and oxygen atoms in total. The minimum absolute atomic E-state index is 0.00340. The lowest BCUT2D eigenvalue weighted by atomic mass is 9.91. The van der Waals surface area contributed by atoms with Crippen LogP contribution in [0.2, 0.25) is 0 Å². The number of rotatable bonds is 22. The lowest BCUT2D eigenvalue weighted by Gasteiger charge is -2.39. The van der Waals surface area contributed by atoms with Gasteiger partial charge >= 0.3 is 11.9 Å². The summed E-state index contributed by atoms with van der Waals surface area (Å²) in [5.74, 6) is -2.84. The van der Waals surface area contributed by atoms with Crippen LogP contribution in [0.5, 0.6) is 0 Å². The molecule has 0 radical (unpaired) electrons. The summed E-state index contributed by atoms with van der Waals surface area (Å²) in [6, 6.07) is 5.15. The van der Waals surface area contributed by atoms with Crippen LogP contribution in [0.4, 0.5) is 0 Å². The summed E-state index contributed by atoms with van der Waals surface area (Å²) < 4.78 is 36.2. The molecule has 1 aliphatic carbocycles. The molecule has 3 fully saturated rings. The normalized spacial score (nSPS) is 28.1. The topological polar surface area (TPSA) is 240 Å². The number of ether oxygens (including phenoxy) is 6. The first-order chi connectivity index (χ1) is 31.0. The molecule has 4 aliphatic rings. The molecule has 0 bridgehead atoms. The number of esters is 2. The average Bonchev–Trinajstić information content (AvgIpc) is 3.92. The average molecular weight is 917 g/mol. The van der Waals surface area contributed by atoms with Crippen LogP contribution < -0.4 is 5.32 Å². The highest BCUT2D eigenvalue weighted by Crippen LogP contribution is 2.44. The molecule has 3 saturated heterocycles. The summed E-state index contributed by atoms with van der Waals surface area (Å²) in [7, 11) is 0. The van der Waals surface area contributed by atoms with Crippen molar-refractivity contribution in [1.82, 2.24) is 10.2 Å². The van der Waals surface area contributed by atoms with E-state index in [9.17, 15) is 44.7 Å². The fourth-order valence-corrected chi connectivity index (χ4v) is 8.76. The highest BCUT2D eigenvalue weighted by Gasteiger charge is 2.53. The molecule has 1 aromatic carbocycles. The molecule has 0 unspecified atom stereocenters. The van der Waals surface area contributed by atoms with E-state index in [2.05, 4.69) is 19.2 Å². The molecule has 3 heterocycles. The molecule has 5 rings (SSSR count). The SMILES string of the molecule is CCCCCC1(CCCCC)O[C@@H]2[C@@H](C=C(C(=O)N3CCC[C@@H]3C(=O)N[C@H](CO)CCC(=O)OC(C)(C)C)C[C@H]2OC(=O)c2cccc(C=CCO[C@H]3O[C@H](CO)[C@H](O)[C@H](O)[C@H]3O)c2)O1. The third-order valence-corrected chi connectivity index (χ3v) is 12.2. The Hall–Kier alpha value is -3.78. The fourth-order valence-electron chi connectivity index (χ4n) is 8.76. The van der Waals surface area contributed by atoms with Gasteiger partial charge < -0.3 is 64.2 Å². The smallest absolute Gasteiger partial charge is 0.338 e. The van der Waals surface area contributed by atoms with Crippen LogP contribution in [0.15, 0.2) is 42.0 Å². The molecule has 10 atom stereocenters. The summed E-state index contributed by atoms with van der Waals surface area (Å²) in [6.07, 6.45) is 3.86. The van der Waals surface area contributed by atoms with Crippen molar-refractivity contribution in [2.24, 2.45) is 0 Å². The van der Waals surface area contributed by atoms with E-state index in [1.807, 2.05) is 0 Å². The Morgan fingerprint density at radius 2 is 1.71 bits per heavy atom. The zero-order chi connectivity index (χ0) is 47.3. The molecule has 65 heavy (non-hydrogen) atoms. The van der Waals surface area contributed by atoms with Gasteiger partial charge in [0.25, 0.3) is 0 Å². The van der Waals surface area contributed by atoms with E-state index in [4.69, 9.17) is 28.4 Å². The van der Waals surface area contributed by atoms with Gasteiger partial charge in [-0.25, -0.2) is 4.79 Å². The minimum atomic E-state index is -1.57. The van der Waals surface area contributed by atoms with Crippen molar-refractivity contribution in [3.05, 3.63) is 53.1 Å². The van der Waals surface area contributed by atoms with Gasteiger partial charge in [0.2, 0.25) is 11.8 Å². The zero-order valence-electron chi connectivity index (χ0n) is 38.6. The van der Waals surface area contributed by atoms with Crippen LogP contribution in [0, 0.1) is 0 Å². The van der Waals surface area contributed by atoms with Crippen LogP contribution in [0.3, 0.4) is 0 Å². The molecule has 2 amide bonds. The predicted octanol–water partition coefficient (Wildman–Crippen LogP) is 3.60. The summed E-state index contributed by atoms with van der Waals surface area (Å²) in [5, 5.41) is 52.8. The van der Waals surface area contributed by atoms with Gasteiger partial charge in [0.05, 0.1) is 31.4 Å². The second-order valence-electron chi connectivity index (χ2n) is 18.6. The molecule has 364 valence electrons. The van der Waals surface area contributed by atoms with E-state index in [0.717, 1.165) is 38.5 Å². The third-order valence-electron chi connectivity index (χ3n) is 12.2. The monoisotopic (exact) mass is 916 g/mol. The highest BCUT2D eigenvalue weighted by atomic mass is 16.8. The van der Waals surface area contributed by atoms with Crippen molar-refractivity contribution in [3.8, 4) is 0 Å². The fraction of sp³-hybridized carbons (Fsp3) is 0.708. The zero-order valence-corrected chi connectivity index (χ0v) is 38.6. The second kappa shape index (κ2) is 24.3. The van der Waals surface area contributed by atoms with E-state index < -0.39 is 104 Å². The minimum Gasteiger partial charge on any atom is -0.460 e. The van der Waals surface area contributed by atoms with Gasteiger partial charge in [0, 0.05) is 37.8 Å². The van der Waals surface area contributed by atoms with E-state index in [-0.39, 0.29) is 37.3 Å². The molecular formula is C48H72N2O15. The van der Waals surface area contributed by atoms with Crippen LogP contribution >= 0.6 is 0 Å². The van der Waals surface area contributed by atoms with Crippen LogP contribution in [0.25, 0.3) is 6.08 Å². The Kier molecular flexibility index (Phi) is 19.5. The standard InChI is InChI=1S/C48H72N2O15/c1-6-8-10-21-48(22-11-9-7-2)63-36-27-32(44(58)50-23-13-18-34(50)43(57)49-33(28-51)19-20-38(53)64-47(3,4)5)26-35(42(36)65-48)61-45(59)31-17-12-15-30(25-31)16-14-24-60-46-41(56)40(55)39(54)37(29-52)62-46/h12,14-17,25,27,33-37,39-42,46,51-52,54-56H,6-11,13,18-24,26,28-29H2,1-5H3,(H,49,57)/t33-,34+,35+,36+,37+,39-,40-,41+,42-,46-/m0/s1. The number of likely N-dealkylation sites (tertiary alicyclic amines) is 1. The van der Waals surface area contributed by atoms with Gasteiger partial charge in [-0.05, 0) is 76.6 Å². The third kappa shape index (κ3) is 14.4. The Morgan fingerprint density at radius 1 is 0.985 bits per heavy atom. The summed E-state index contributed by atoms with van der Waals surface area (Å²) in [5.41, 5.74) is 0.521. The molecule has 0 spiro atoms. The quantitative estimate of drug-likeness (QED) is 0.0720. The molecular weight excluding hydrogens is 845 g/mol. The van der Waals surface area contributed by atoms with E-state index in [1.54, 1.807) is 63.3 Å². The molecule has 17 heteroatoms. The maximum absolute atomic E-state index is 14.5. The van der Waals surface area contributed by atoms with E-state index in [1.165, 1.54) is 4.90 Å². The van der Waals surface area contributed by atoms with Crippen LogP contribution in [-0.2, 0) is 42.8 Å². The Labute approximate surface area is 382 Å². The molecule has 0 aromatic heterocycles. The lowest BCUT2D eigenvalue weighted by molar-refractivity contribution is -0.298. The summed E-state index contributed by atoms with van der Waals surface area (Å²) in [4.78, 5) is 56.1. The van der Waals surface area contributed by atoms with E-state index >= 15 is 0 Å². The van der Waals surface area contributed by atoms with Gasteiger partial charge in [-0.15, -0.1) is 0 Å². The van der Waals surface area contributed by atoms with Crippen molar-refractivity contribution in [2.75, 3.05) is 26.4 Å². The molecule has 3 aliphatic heterocycles. The van der Waals surface area contributed by atoms with Gasteiger partial charge in [0.15, 0.2) is 12.1 Å². The molecule has 6 N–H and O–H groups in total. The second-order valence-corrected chi connectivity index (χ2v) is 18.6. The summed E-state index contributed by atoms with van der Waals surface area (Å²) >= 11 is 0. The number of unbranched alkanes of at least 4 members (excludes halogenated alkanes) is 4. The number of carbonyl (C=O) groups is 4. The number of aliphatic hydroxyl groups is 5.